The maximum atomic E-state index is 11.2. The van der Waals surface area contributed by atoms with Crippen molar-refractivity contribution in [2.24, 2.45) is 0 Å². The SMILES string of the molecule is CC(=O)NC(C)(CCc1ccccc1)C(=O)O. The molecule has 0 saturated heterocycles. The number of benzene rings is 1. The van der Waals surface area contributed by atoms with Crippen LogP contribution < -0.4 is 5.32 Å². The number of aliphatic carboxylic acids is 1. The summed E-state index contributed by atoms with van der Waals surface area (Å²) in [7, 11) is 0. The minimum absolute atomic E-state index is 0.331. The Bertz CT molecular complexity index is 402. The van der Waals surface area contributed by atoms with Crippen LogP contribution >= 0.6 is 0 Å². The van der Waals surface area contributed by atoms with Gasteiger partial charge >= 0.3 is 5.97 Å². The minimum Gasteiger partial charge on any atom is -0.480 e. The molecular weight excluding hydrogens is 218 g/mol. The van der Waals surface area contributed by atoms with Gasteiger partial charge in [0.2, 0.25) is 5.91 Å². The third kappa shape index (κ3) is 3.90. The third-order valence-electron chi connectivity index (χ3n) is 2.68. The third-order valence-corrected chi connectivity index (χ3v) is 2.68. The average Bonchev–Trinajstić information content (AvgIpc) is 2.27. The summed E-state index contributed by atoms with van der Waals surface area (Å²) in [6, 6.07) is 9.61. The molecule has 1 rings (SSSR count). The standard InChI is InChI=1S/C13H17NO3/c1-10(15)14-13(2,12(16)17)9-8-11-6-4-3-5-7-11/h3-7H,8-9H2,1-2H3,(H,14,15)(H,16,17). The molecule has 0 bridgehead atoms. The first-order valence-electron chi connectivity index (χ1n) is 5.50. The van der Waals surface area contributed by atoms with E-state index in [1.165, 1.54) is 13.8 Å². The van der Waals surface area contributed by atoms with Crippen LogP contribution in [0.15, 0.2) is 30.3 Å². The average molecular weight is 235 g/mol. The molecule has 17 heavy (non-hydrogen) atoms. The first-order valence-corrected chi connectivity index (χ1v) is 5.50. The Morgan fingerprint density at radius 3 is 2.35 bits per heavy atom. The zero-order chi connectivity index (χ0) is 12.9. The molecule has 1 unspecified atom stereocenters. The van der Waals surface area contributed by atoms with Crippen LogP contribution in [0, 0.1) is 0 Å². The summed E-state index contributed by atoms with van der Waals surface area (Å²) in [5.41, 5.74) is -0.146. The first kappa shape index (κ1) is 13.2. The normalized spacial score (nSPS) is 13.8. The van der Waals surface area contributed by atoms with Crippen LogP contribution in [0.1, 0.15) is 25.8 Å². The van der Waals surface area contributed by atoms with Gasteiger partial charge < -0.3 is 10.4 Å². The van der Waals surface area contributed by atoms with Gasteiger partial charge in [0.25, 0.3) is 0 Å². The Morgan fingerprint density at radius 1 is 1.29 bits per heavy atom. The van der Waals surface area contributed by atoms with E-state index in [0.29, 0.717) is 12.8 Å². The van der Waals surface area contributed by atoms with E-state index in [2.05, 4.69) is 5.32 Å². The molecule has 0 fully saturated rings. The lowest BCUT2D eigenvalue weighted by Gasteiger charge is -2.25. The quantitative estimate of drug-likeness (QED) is 0.814. The van der Waals surface area contributed by atoms with Gasteiger partial charge in [-0.25, -0.2) is 4.79 Å². The summed E-state index contributed by atoms with van der Waals surface area (Å²) in [5, 5.41) is 11.6. The number of amides is 1. The molecule has 1 aromatic carbocycles. The van der Waals surface area contributed by atoms with Crippen molar-refractivity contribution < 1.29 is 14.7 Å². The minimum atomic E-state index is -1.21. The summed E-state index contributed by atoms with van der Waals surface area (Å²) in [6.45, 7) is 2.85. The number of carbonyl (C=O) groups is 2. The topological polar surface area (TPSA) is 66.4 Å². The van der Waals surface area contributed by atoms with Gasteiger partial charge in [-0.2, -0.15) is 0 Å². The highest BCUT2D eigenvalue weighted by molar-refractivity contribution is 5.85. The Hall–Kier alpha value is -1.84. The molecule has 0 aliphatic carbocycles. The van der Waals surface area contributed by atoms with Crippen LogP contribution in [0.5, 0.6) is 0 Å². The second-order valence-electron chi connectivity index (χ2n) is 4.30. The number of aryl methyl sites for hydroxylation is 1. The van der Waals surface area contributed by atoms with Crippen LogP contribution in [0.2, 0.25) is 0 Å². The van der Waals surface area contributed by atoms with Crippen molar-refractivity contribution >= 4 is 11.9 Å². The monoisotopic (exact) mass is 235 g/mol. The second kappa shape index (κ2) is 5.48. The van der Waals surface area contributed by atoms with Crippen LogP contribution in [0.3, 0.4) is 0 Å². The fourth-order valence-electron chi connectivity index (χ4n) is 1.65. The number of hydrogen-bond acceptors (Lipinski definition) is 2. The smallest absolute Gasteiger partial charge is 0.329 e. The first-order chi connectivity index (χ1) is 7.94. The lowest BCUT2D eigenvalue weighted by atomic mass is 9.93. The van der Waals surface area contributed by atoms with Crippen LogP contribution in [-0.4, -0.2) is 22.5 Å². The largest absolute Gasteiger partial charge is 0.480 e. The van der Waals surface area contributed by atoms with Crippen molar-refractivity contribution in [3.63, 3.8) is 0 Å². The van der Waals surface area contributed by atoms with E-state index in [9.17, 15) is 9.59 Å². The Morgan fingerprint density at radius 2 is 1.88 bits per heavy atom. The van der Waals surface area contributed by atoms with Crippen molar-refractivity contribution in [1.82, 2.24) is 5.32 Å². The van der Waals surface area contributed by atoms with Crippen LogP contribution in [0.4, 0.5) is 0 Å². The highest BCUT2D eigenvalue weighted by Crippen LogP contribution is 2.14. The lowest BCUT2D eigenvalue weighted by Crippen LogP contribution is -2.51. The van der Waals surface area contributed by atoms with Gasteiger partial charge in [-0.1, -0.05) is 30.3 Å². The number of carbonyl (C=O) groups excluding carboxylic acids is 1. The van der Waals surface area contributed by atoms with E-state index >= 15 is 0 Å². The van der Waals surface area contributed by atoms with Crippen LogP contribution in [-0.2, 0) is 16.0 Å². The molecule has 0 aromatic heterocycles. The molecule has 0 aliphatic heterocycles. The number of rotatable bonds is 5. The maximum absolute atomic E-state index is 11.2. The van der Waals surface area contributed by atoms with Gasteiger partial charge in [-0.05, 0) is 25.3 Å². The Kier molecular flexibility index (Phi) is 4.26. The van der Waals surface area contributed by atoms with E-state index < -0.39 is 11.5 Å². The molecule has 4 heteroatoms. The fraction of sp³-hybridized carbons (Fsp3) is 0.385. The van der Waals surface area contributed by atoms with Crippen molar-refractivity contribution in [3.05, 3.63) is 35.9 Å². The number of carboxylic acids is 1. The Labute approximate surface area is 101 Å². The predicted octanol–water partition coefficient (Wildman–Crippen LogP) is 1.60. The van der Waals surface area contributed by atoms with E-state index in [-0.39, 0.29) is 5.91 Å². The number of nitrogens with one attached hydrogen (secondary N) is 1. The van der Waals surface area contributed by atoms with Gasteiger partial charge in [0, 0.05) is 6.92 Å². The Balaban J connectivity index is 2.68. The predicted molar refractivity (Wildman–Crippen MR) is 64.6 cm³/mol. The number of carboxylic acid groups (broad SMARTS) is 1. The van der Waals surface area contributed by atoms with Gasteiger partial charge in [-0.3, -0.25) is 4.79 Å². The molecular formula is C13H17NO3. The van der Waals surface area contributed by atoms with Crippen molar-refractivity contribution in [1.29, 1.82) is 0 Å². The molecule has 92 valence electrons. The van der Waals surface area contributed by atoms with Gasteiger partial charge in [-0.15, -0.1) is 0 Å². The van der Waals surface area contributed by atoms with Crippen molar-refractivity contribution in [2.75, 3.05) is 0 Å². The summed E-state index contributed by atoms with van der Waals surface area (Å²) in [5.74, 6) is -1.34. The molecule has 0 spiro atoms. The van der Waals surface area contributed by atoms with Crippen LogP contribution in [0.25, 0.3) is 0 Å². The summed E-state index contributed by atoms with van der Waals surface area (Å²) in [4.78, 5) is 22.2. The summed E-state index contributed by atoms with van der Waals surface area (Å²) in [6.07, 6.45) is 0.982. The zero-order valence-corrected chi connectivity index (χ0v) is 10.1. The molecule has 0 aliphatic rings. The molecule has 0 saturated carbocycles. The molecule has 1 aromatic rings. The molecule has 1 atom stereocenters. The zero-order valence-electron chi connectivity index (χ0n) is 10.1. The van der Waals surface area contributed by atoms with Crippen molar-refractivity contribution in [2.45, 2.75) is 32.2 Å². The summed E-state index contributed by atoms with van der Waals surface area (Å²) >= 11 is 0. The van der Waals surface area contributed by atoms with E-state index in [0.717, 1.165) is 5.56 Å². The van der Waals surface area contributed by atoms with E-state index in [1.54, 1.807) is 0 Å². The molecule has 0 radical (unpaired) electrons. The molecule has 0 heterocycles. The van der Waals surface area contributed by atoms with Gasteiger partial charge in [0.05, 0.1) is 0 Å². The lowest BCUT2D eigenvalue weighted by molar-refractivity contribution is -0.146. The number of hydrogen-bond donors (Lipinski definition) is 2. The van der Waals surface area contributed by atoms with E-state index in [4.69, 9.17) is 5.11 Å². The molecule has 4 nitrogen and oxygen atoms in total. The highest BCUT2D eigenvalue weighted by Gasteiger charge is 2.33. The molecule has 1 amide bonds. The van der Waals surface area contributed by atoms with E-state index in [1.807, 2.05) is 30.3 Å². The highest BCUT2D eigenvalue weighted by atomic mass is 16.4. The maximum Gasteiger partial charge on any atom is 0.329 e. The summed E-state index contributed by atoms with van der Waals surface area (Å²) < 4.78 is 0. The van der Waals surface area contributed by atoms with Gasteiger partial charge in [0.15, 0.2) is 0 Å². The fourth-order valence-corrected chi connectivity index (χ4v) is 1.65. The molecule has 2 N–H and O–H groups in total. The van der Waals surface area contributed by atoms with Gasteiger partial charge in [0.1, 0.15) is 5.54 Å². The van der Waals surface area contributed by atoms with Crippen molar-refractivity contribution in [3.8, 4) is 0 Å². The second-order valence-corrected chi connectivity index (χ2v) is 4.30.